The van der Waals surface area contributed by atoms with Crippen LogP contribution in [0.5, 0.6) is 5.75 Å². The van der Waals surface area contributed by atoms with Crippen LogP contribution in [-0.2, 0) is 9.53 Å². The van der Waals surface area contributed by atoms with Gasteiger partial charge in [0.25, 0.3) is 5.91 Å². The largest absolute Gasteiger partial charge is 0.496 e. The fourth-order valence-electron chi connectivity index (χ4n) is 1.30. The van der Waals surface area contributed by atoms with E-state index in [0.717, 1.165) is 0 Å². The van der Waals surface area contributed by atoms with Gasteiger partial charge in [0.2, 0.25) is 0 Å². The third kappa shape index (κ3) is 5.90. The molecule has 9 heteroatoms. The van der Waals surface area contributed by atoms with Crippen molar-refractivity contribution in [3.63, 3.8) is 0 Å². The molecule has 1 aromatic carbocycles. The number of nitrogens with one attached hydrogen (secondary N) is 1. The molecule has 0 aliphatic heterocycles. The van der Waals surface area contributed by atoms with Crippen LogP contribution >= 0.6 is 11.6 Å². The van der Waals surface area contributed by atoms with Crippen LogP contribution < -0.4 is 10.1 Å². The number of hydrogen-bond acceptors (Lipinski definition) is 4. The van der Waals surface area contributed by atoms with Gasteiger partial charge in [0.15, 0.2) is 6.61 Å². The van der Waals surface area contributed by atoms with Crippen LogP contribution in [-0.4, -0.2) is 38.3 Å². The molecule has 0 radical (unpaired) electrons. The Morgan fingerprint density at radius 3 is 2.57 bits per heavy atom. The quantitative estimate of drug-likeness (QED) is 0.843. The van der Waals surface area contributed by atoms with Crippen molar-refractivity contribution in [2.45, 2.75) is 6.18 Å². The van der Waals surface area contributed by atoms with E-state index in [9.17, 15) is 22.8 Å². The SMILES string of the molecule is COc1ccc(Cl)cc1C(=O)OCC(=O)NCC(F)(F)F. The summed E-state index contributed by atoms with van der Waals surface area (Å²) >= 11 is 5.71. The van der Waals surface area contributed by atoms with Gasteiger partial charge in [-0.2, -0.15) is 13.2 Å². The Bertz CT molecular complexity index is 534. The minimum absolute atomic E-state index is 0.0337. The smallest absolute Gasteiger partial charge is 0.405 e. The van der Waals surface area contributed by atoms with Crippen molar-refractivity contribution in [2.75, 3.05) is 20.3 Å². The van der Waals surface area contributed by atoms with Crippen molar-refractivity contribution in [3.05, 3.63) is 28.8 Å². The van der Waals surface area contributed by atoms with E-state index in [0.29, 0.717) is 0 Å². The number of halogens is 4. The van der Waals surface area contributed by atoms with Gasteiger partial charge in [0, 0.05) is 5.02 Å². The summed E-state index contributed by atoms with van der Waals surface area (Å²) in [5, 5.41) is 1.81. The molecule has 0 saturated carbocycles. The molecule has 0 aliphatic rings. The van der Waals surface area contributed by atoms with Crippen LogP contribution in [0.2, 0.25) is 5.02 Å². The molecule has 0 heterocycles. The predicted octanol–water partition coefficient (Wildman–Crippen LogP) is 2.18. The zero-order valence-corrected chi connectivity index (χ0v) is 11.5. The van der Waals surface area contributed by atoms with Gasteiger partial charge in [0.05, 0.1) is 7.11 Å². The molecule has 0 aromatic heterocycles. The Kier molecular flexibility index (Phi) is 5.83. The average Bonchev–Trinajstić information content (AvgIpc) is 2.41. The number of alkyl halides is 3. The molecule has 0 spiro atoms. The topological polar surface area (TPSA) is 64.6 Å². The maximum atomic E-state index is 11.9. The van der Waals surface area contributed by atoms with Gasteiger partial charge in [-0.1, -0.05) is 11.6 Å². The van der Waals surface area contributed by atoms with E-state index >= 15 is 0 Å². The first-order valence-electron chi connectivity index (χ1n) is 5.57. The molecule has 1 rings (SSSR count). The van der Waals surface area contributed by atoms with Gasteiger partial charge in [-0.25, -0.2) is 4.79 Å². The van der Waals surface area contributed by atoms with E-state index in [1.807, 2.05) is 0 Å². The van der Waals surface area contributed by atoms with Gasteiger partial charge >= 0.3 is 12.1 Å². The number of carbonyl (C=O) groups excluding carboxylic acids is 2. The zero-order valence-electron chi connectivity index (χ0n) is 10.8. The number of methoxy groups -OCH3 is 1. The van der Waals surface area contributed by atoms with Crippen molar-refractivity contribution < 1.29 is 32.2 Å². The predicted molar refractivity (Wildman–Crippen MR) is 67.4 cm³/mol. The maximum Gasteiger partial charge on any atom is 0.405 e. The van der Waals surface area contributed by atoms with E-state index < -0.39 is 31.2 Å². The minimum Gasteiger partial charge on any atom is -0.496 e. The summed E-state index contributed by atoms with van der Waals surface area (Å²) in [6.07, 6.45) is -4.53. The van der Waals surface area contributed by atoms with Crippen LogP contribution in [0.1, 0.15) is 10.4 Å². The van der Waals surface area contributed by atoms with E-state index in [2.05, 4.69) is 4.74 Å². The fraction of sp³-hybridized carbons (Fsp3) is 0.333. The molecule has 0 atom stereocenters. The Labute approximate surface area is 123 Å². The van der Waals surface area contributed by atoms with Gasteiger partial charge in [-0.05, 0) is 18.2 Å². The minimum atomic E-state index is -4.53. The van der Waals surface area contributed by atoms with Crippen molar-refractivity contribution in [1.29, 1.82) is 0 Å². The lowest BCUT2D eigenvalue weighted by atomic mass is 10.2. The fourth-order valence-corrected chi connectivity index (χ4v) is 1.47. The molecule has 1 N–H and O–H groups in total. The Morgan fingerprint density at radius 2 is 2.00 bits per heavy atom. The third-order valence-electron chi connectivity index (χ3n) is 2.20. The molecule has 0 saturated heterocycles. The molecule has 1 amide bonds. The normalized spacial score (nSPS) is 10.9. The average molecular weight is 326 g/mol. The van der Waals surface area contributed by atoms with E-state index in [4.69, 9.17) is 16.3 Å². The van der Waals surface area contributed by atoms with Gasteiger partial charge in [-0.3, -0.25) is 4.79 Å². The van der Waals surface area contributed by atoms with Crippen molar-refractivity contribution in [1.82, 2.24) is 5.32 Å². The Balaban J connectivity index is 2.58. The number of rotatable bonds is 5. The molecule has 5 nitrogen and oxygen atoms in total. The first-order valence-corrected chi connectivity index (χ1v) is 5.95. The van der Waals surface area contributed by atoms with E-state index in [1.165, 1.54) is 25.3 Å². The highest BCUT2D eigenvalue weighted by molar-refractivity contribution is 6.31. The highest BCUT2D eigenvalue weighted by Gasteiger charge is 2.28. The zero-order chi connectivity index (χ0) is 16.0. The second-order valence-electron chi connectivity index (χ2n) is 3.81. The number of benzene rings is 1. The molecule has 0 bridgehead atoms. The molecule has 21 heavy (non-hydrogen) atoms. The molecular weight excluding hydrogens is 315 g/mol. The lowest BCUT2D eigenvalue weighted by Crippen LogP contribution is -2.36. The highest BCUT2D eigenvalue weighted by Crippen LogP contribution is 2.23. The maximum absolute atomic E-state index is 11.9. The van der Waals surface area contributed by atoms with Crippen molar-refractivity contribution >= 4 is 23.5 Å². The molecular formula is C12H11ClF3NO4. The number of esters is 1. The highest BCUT2D eigenvalue weighted by atomic mass is 35.5. The Morgan fingerprint density at radius 1 is 1.33 bits per heavy atom. The number of ether oxygens (including phenoxy) is 2. The molecule has 116 valence electrons. The molecule has 1 aromatic rings. The van der Waals surface area contributed by atoms with Crippen LogP contribution in [0.25, 0.3) is 0 Å². The first kappa shape index (κ1) is 17.1. The van der Waals surface area contributed by atoms with Gasteiger partial charge in [0.1, 0.15) is 17.9 Å². The number of amides is 1. The lowest BCUT2D eigenvalue weighted by molar-refractivity contribution is -0.140. The summed E-state index contributed by atoms with van der Waals surface area (Å²) in [4.78, 5) is 22.8. The first-order chi connectivity index (χ1) is 9.73. The molecule has 0 unspecified atom stereocenters. The number of hydrogen-bond donors (Lipinski definition) is 1. The summed E-state index contributed by atoms with van der Waals surface area (Å²) < 4.78 is 45.1. The van der Waals surface area contributed by atoms with Crippen molar-refractivity contribution in [3.8, 4) is 5.75 Å². The summed E-state index contributed by atoms with van der Waals surface area (Å²) in [7, 11) is 1.32. The molecule has 0 aliphatic carbocycles. The lowest BCUT2D eigenvalue weighted by Gasteiger charge is -2.10. The Hall–Kier alpha value is -1.96. The van der Waals surface area contributed by atoms with Crippen LogP contribution in [0, 0.1) is 0 Å². The van der Waals surface area contributed by atoms with Gasteiger partial charge in [-0.15, -0.1) is 0 Å². The van der Waals surface area contributed by atoms with Crippen LogP contribution in [0.4, 0.5) is 13.2 Å². The summed E-state index contributed by atoms with van der Waals surface area (Å²) in [5.41, 5.74) is -0.0337. The summed E-state index contributed by atoms with van der Waals surface area (Å²) in [6.45, 7) is -2.34. The van der Waals surface area contributed by atoms with E-state index in [1.54, 1.807) is 5.32 Å². The van der Waals surface area contributed by atoms with Crippen molar-refractivity contribution in [2.24, 2.45) is 0 Å². The number of carbonyl (C=O) groups is 2. The van der Waals surface area contributed by atoms with Gasteiger partial charge < -0.3 is 14.8 Å². The second-order valence-corrected chi connectivity index (χ2v) is 4.25. The van der Waals surface area contributed by atoms with Crippen LogP contribution in [0.15, 0.2) is 18.2 Å². The van der Waals surface area contributed by atoms with E-state index in [-0.39, 0.29) is 16.3 Å². The van der Waals surface area contributed by atoms with Crippen LogP contribution in [0.3, 0.4) is 0 Å². The summed E-state index contributed by atoms with van der Waals surface area (Å²) in [5.74, 6) is -1.83. The third-order valence-corrected chi connectivity index (χ3v) is 2.44. The second kappa shape index (κ2) is 7.16. The monoisotopic (exact) mass is 325 g/mol. The standard InChI is InChI=1S/C12H11ClF3NO4/c1-20-9-3-2-7(13)4-8(9)11(19)21-5-10(18)17-6-12(14,15)16/h2-4H,5-6H2,1H3,(H,17,18). The summed E-state index contributed by atoms with van der Waals surface area (Å²) in [6, 6.07) is 4.16. The molecule has 0 fully saturated rings.